The number of hydrogen-bond acceptors (Lipinski definition) is 3. The highest BCUT2D eigenvalue weighted by atomic mass is 35.5. The largest absolute Gasteiger partial charge is 0.349 e. The molecule has 0 aromatic heterocycles. The lowest BCUT2D eigenvalue weighted by Gasteiger charge is -2.23. The molecular formula is C20H21ClN2O3S. The van der Waals surface area contributed by atoms with Gasteiger partial charge in [-0.3, -0.25) is 9.52 Å². The van der Waals surface area contributed by atoms with E-state index in [1.54, 1.807) is 30.3 Å². The molecule has 2 fully saturated rings. The Hall–Kier alpha value is -2.05. The summed E-state index contributed by atoms with van der Waals surface area (Å²) in [7, 11) is -3.70. The van der Waals surface area contributed by atoms with Crippen LogP contribution in [0.2, 0.25) is 5.02 Å². The lowest BCUT2D eigenvalue weighted by molar-refractivity contribution is 0.0923. The number of carbonyl (C=O) groups excluding carboxylic acids is 1. The summed E-state index contributed by atoms with van der Waals surface area (Å²) in [5, 5.41) is 3.32. The van der Waals surface area contributed by atoms with Gasteiger partial charge in [-0.15, -0.1) is 0 Å². The summed E-state index contributed by atoms with van der Waals surface area (Å²) in [6, 6.07) is 12.9. The number of nitrogens with one attached hydrogen (secondary N) is 2. The molecular weight excluding hydrogens is 384 g/mol. The van der Waals surface area contributed by atoms with Crippen molar-refractivity contribution >= 4 is 33.2 Å². The van der Waals surface area contributed by atoms with Crippen molar-refractivity contribution in [1.29, 1.82) is 0 Å². The summed E-state index contributed by atoms with van der Waals surface area (Å²) in [5.41, 5.74) is 0.683. The van der Waals surface area contributed by atoms with E-state index in [0.717, 1.165) is 12.3 Å². The topological polar surface area (TPSA) is 75.3 Å². The Bertz CT molecular complexity index is 962. The second-order valence-corrected chi connectivity index (χ2v) is 9.46. The summed E-state index contributed by atoms with van der Waals surface area (Å²) >= 11 is 6.27. The number of hydrogen-bond donors (Lipinski definition) is 2. The SMILES string of the molecule is O=C(N[C@@H]1C[C@H]2CC[C@@H]1C2)c1ccc(NS(=O)(=O)c2ccccc2)cc1Cl. The molecule has 0 unspecified atom stereocenters. The average Bonchev–Trinajstić information content (AvgIpc) is 3.25. The maximum absolute atomic E-state index is 12.6. The second kappa shape index (κ2) is 7.17. The van der Waals surface area contributed by atoms with Gasteiger partial charge < -0.3 is 5.32 Å². The predicted octanol–water partition coefficient (Wildman–Crippen LogP) is 4.06. The summed E-state index contributed by atoms with van der Waals surface area (Å²) in [4.78, 5) is 12.7. The van der Waals surface area contributed by atoms with E-state index < -0.39 is 10.0 Å². The van der Waals surface area contributed by atoms with Crippen LogP contribution in [0.15, 0.2) is 53.4 Å². The molecule has 2 aromatic carbocycles. The summed E-state index contributed by atoms with van der Waals surface area (Å²) in [6.45, 7) is 0. The fourth-order valence-corrected chi connectivity index (χ4v) is 5.58. The van der Waals surface area contributed by atoms with Crippen LogP contribution >= 0.6 is 11.6 Å². The van der Waals surface area contributed by atoms with Crippen molar-refractivity contribution in [3.63, 3.8) is 0 Å². The number of sulfonamides is 1. The molecule has 0 saturated heterocycles. The Morgan fingerprint density at radius 3 is 2.44 bits per heavy atom. The van der Waals surface area contributed by atoms with Crippen LogP contribution in [0, 0.1) is 11.8 Å². The number of amides is 1. The van der Waals surface area contributed by atoms with Gasteiger partial charge in [0.1, 0.15) is 0 Å². The Balaban J connectivity index is 1.47. The molecule has 0 heterocycles. The smallest absolute Gasteiger partial charge is 0.261 e. The van der Waals surface area contributed by atoms with Crippen molar-refractivity contribution in [3.8, 4) is 0 Å². The number of rotatable bonds is 5. The van der Waals surface area contributed by atoms with E-state index in [1.165, 1.54) is 37.5 Å². The van der Waals surface area contributed by atoms with E-state index in [4.69, 9.17) is 11.6 Å². The minimum atomic E-state index is -3.70. The van der Waals surface area contributed by atoms with E-state index >= 15 is 0 Å². The predicted molar refractivity (Wildman–Crippen MR) is 105 cm³/mol. The van der Waals surface area contributed by atoms with E-state index in [-0.39, 0.29) is 21.9 Å². The maximum Gasteiger partial charge on any atom is 0.261 e. The third-order valence-electron chi connectivity index (χ3n) is 5.57. The van der Waals surface area contributed by atoms with Gasteiger partial charge in [0.05, 0.1) is 21.2 Å². The molecule has 2 aliphatic rings. The molecule has 2 aliphatic carbocycles. The molecule has 0 aliphatic heterocycles. The molecule has 27 heavy (non-hydrogen) atoms. The maximum atomic E-state index is 12.6. The highest BCUT2D eigenvalue weighted by molar-refractivity contribution is 7.92. The Kier molecular flexibility index (Phi) is 4.86. The van der Waals surface area contributed by atoms with Crippen LogP contribution in [-0.4, -0.2) is 20.4 Å². The van der Waals surface area contributed by atoms with Gasteiger partial charge in [-0.05, 0) is 61.4 Å². The first-order chi connectivity index (χ1) is 12.9. The van der Waals surface area contributed by atoms with E-state index in [2.05, 4.69) is 10.0 Å². The van der Waals surface area contributed by atoms with Crippen LogP contribution in [-0.2, 0) is 10.0 Å². The van der Waals surface area contributed by atoms with Crippen LogP contribution in [0.5, 0.6) is 0 Å². The van der Waals surface area contributed by atoms with E-state index in [0.29, 0.717) is 17.2 Å². The molecule has 2 N–H and O–H groups in total. The van der Waals surface area contributed by atoms with Gasteiger partial charge in [0.25, 0.3) is 15.9 Å². The van der Waals surface area contributed by atoms with Gasteiger partial charge in [0.15, 0.2) is 0 Å². The third-order valence-corrected chi connectivity index (χ3v) is 7.28. The normalized spacial score (nSPS) is 24.0. The summed E-state index contributed by atoms with van der Waals surface area (Å²) < 4.78 is 27.3. The number of anilines is 1. The first kappa shape index (κ1) is 18.3. The Labute approximate surface area is 164 Å². The zero-order valence-corrected chi connectivity index (χ0v) is 16.3. The van der Waals surface area contributed by atoms with Gasteiger partial charge >= 0.3 is 0 Å². The number of benzene rings is 2. The highest BCUT2D eigenvalue weighted by Gasteiger charge is 2.40. The van der Waals surface area contributed by atoms with Crippen LogP contribution in [0.1, 0.15) is 36.0 Å². The van der Waals surface area contributed by atoms with Crippen molar-refractivity contribution in [1.82, 2.24) is 5.32 Å². The fraction of sp³-hybridized carbons (Fsp3) is 0.350. The number of halogens is 1. The van der Waals surface area contributed by atoms with E-state index in [9.17, 15) is 13.2 Å². The molecule has 3 atom stereocenters. The highest BCUT2D eigenvalue weighted by Crippen LogP contribution is 2.44. The van der Waals surface area contributed by atoms with Gasteiger partial charge in [-0.25, -0.2) is 8.42 Å². The van der Waals surface area contributed by atoms with Crippen LogP contribution < -0.4 is 10.0 Å². The van der Waals surface area contributed by atoms with Crippen LogP contribution in [0.4, 0.5) is 5.69 Å². The van der Waals surface area contributed by atoms with Crippen molar-refractivity contribution in [2.75, 3.05) is 4.72 Å². The zero-order chi connectivity index (χ0) is 19.0. The third kappa shape index (κ3) is 3.82. The minimum absolute atomic E-state index is 0.166. The Morgan fingerprint density at radius 1 is 1.04 bits per heavy atom. The van der Waals surface area contributed by atoms with Gasteiger partial charge in [0, 0.05) is 6.04 Å². The van der Waals surface area contributed by atoms with Gasteiger partial charge in [0.2, 0.25) is 0 Å². The zero-order valence-electron chi connectivity index (χ0n) is 14.7. The molecule has 142 valence electrons. The summed E-state index contributed by atoms with van der Waals surface area (Å²) in [5.74, 6) is 1.12. The van der Waals surface area contributed by atoms with Crippen molar-refractivity contribution < 1.29 is 13.2 Å². The lowest BCUT2D eigenvalue weighted by atomic mass is 9.95. The number of fused-ring (bicyclic) bond motifs is 2. The monoisotopic (exact) mass is 404 g/mol. The molecule has 0 radical (unpaired) electrons. The average molecular weight is 405 g/mol. The Morgan fingerprint density at radius 2 is 1.81 bits per heavy atom. The first-order valence-corrected chi connectivity index (χ1v) is 11.0. The van der Waals surface area contributed by atoms with Crippen molar-refractivity contribution in [2.24, 2.45) is 11.8 Å². The van der Waals surface area contributed by atoms with Gasteiger partial charge in [-0.2, -0.15) is 0 Å². The molecule has 4 rings (SSSR count). The molecule has 1 amide bonds. The summed E-state index contributed by atoms with van der Waals surface area (Å²) in [6.07, 6.45) is 4.71. The lowest BCUT2D eigenvalue weighted by Crippen LogP contribution is -2.38. The molecule has 2 saturated carbocycles. The molecule has 0 spiro atoms. The van der Waals surface area contributed by atoms with Crippen LogP contribution in [0.3, 0.4) is 0 Å². The second-order valence-electron chi connectivity index (χ2n) is 7.37. The first-order valence-electron chi connectivity index (χ1n) is 9.10. The molecule has 5 nitrogen and oxygen atoms in total. The standard InChI is InChI=1S/C20H21ClN2O3S/c21-18-12-15(23-27(25,26)16-4-2-1-3-5-16)8-9-17(18)20(24)22-19-11-13-6-7-14(19)10-13/h1-5,8-9,12-14,19,23H,6-7,10-11H2,(H,22,24)/t13-,14+,19+/m0/s1. The fourth-order valence-electron chi connectivity index (χ4n) is 4.24. The van der Waals surface area contributed by atoms with E-state index in [1.807, 2.05) is 0 Å². The molecule has 2 aromatic rings. The van der Waals surface area contributed by atoms with Crippen LogP contribution in [0.25, 0.3) is 0 Å². The quantitative estimate of drug-likeness (QED) is 0.789. The van der Waals surface area contributed by atoms with Gasteiger partial charge in [-0.1, -0.05) is 36.2 Å². The van der Waals surface area contributed by atoms with Crippen molar-refractivity contribution in [2.45, 2.75) is 36.6 Å². The molecule has 2 bridgehead atoms. The molecule has 7 heteroatoms. The van der Waals surface area contributed by atoms with Crippen molar-refractivity contribution in [3.05, 3.63) is 59.1 Å². The number of carbonyl (C=O) groups is 1. The minimum Gasteiger partial charge on any atom is -0.349 e.